The first-order valence-corrected chi connectivity index (χ1v) is 7.87. The third-order valence-electron chi connectivity index (χ3n) is 4.76. The summed E-state index contributed by atoms with van der Waals surface area (Å²) in [6, 6.07) is 0. The van der Waals surface area contributed by atoms with Gasteiger partial charge in [-0.1, -0.05) is 0 Å². The minimum Gasteiger partial charge on any atom is -0.379 e. The van der Waals surface area contributed by atoms with Crippen LogP contribution in [0.5, 0.6) is 0 Å². The second-order valence-electron chi connectivity index (χ2n) is 6.54. The van der Waals surface area contributed by atoms with Crippen molar-refractivity contribution in [1.29, 1.82) is 0 Å². The molecule has 2 N–H and O–H groups in total. The molecule has 0 aliphatic carbocycles. The number of morpholine rings is 1. The second kappa shape index (κ2) is 10.0. The smallest absolute Gasteiger partial charge is 0.252 e. The number of halogens is 2. The highest BCUT2D eigenvalue weighted by atomic mass is 35.5. The molecule has 2 aliphatic rings. The average Bonchev–Trinajstić information content (AvgIpc) is 2.54. The summed E-state index contributed by atoms with van der Waals surface area (Å²) >= 11 is 0. The van der Waals surface area contributed by atoms with Gasteiger partial charge >= 0.3 is 0 Å². The number of nitrogens with one attached hydrogen (secondary N) is 2. The maximum atomic E-state index is 12.6. The number of piperidine rings is 1. The highest BCUT2D eigenvalue weighted by molar-refractivity contribution is 5.86. The van der Waals surface area contributed by atoms with Crippen LogP contribution in [-0.4, -0.2) is 75.0 Å². The lowest BCUT2D eigenvalue weighted by molar-refractivity contribution is -0.147. The van der Waals surface area contributed by atoms with Crippen molar-refractivity contribution >= 4 is 30.7 Å². The van der Waals surface area contributed by atoms with Gasteiger partial charge in [-0.05, 0) is 39.8 Å². The van der Waals surface area contributed by atoms with E-state index in [0.717, 1.165) is 52.2 Å². The van der Waals surface area contributed by atoms with Crippen molar-refractivity contribution in [1.82, 2.24) is 15.5 Å². The Hall–Kier alpha value is -0.110. The highest BCUT2D eigenvalue weighted by Gasteiger charge is 2.40. The summed E-state index contributed by atoms with van der Waals surface area (Å²) in [5.74, 6) is 0.0211. The third-order valence-corrected chi connectivity index (χ3v) is 4.76. The lowest BCUT2D eigenvalue weighted by Gasteiger charge is -2.42. The van der Waals surface area contributed by atoms with E-state index in [0.29, 0.717) is 6.54 Å². The van der Waals surface area contributed by atoms with Crippen molar-refractivity contribution in [2.45, 2.75) is 37.8 Å². The van der Waals surface area contributed by atoms with E-state index < -0.39 is 5.60 Å². The number of methoxy groups -OCH3 is 1. The molecule has 2 saturated heterocycles. The topological polar surface area (TPSA) is 62.8 Å². The van der Waals surface area contributed by atoms with Crippen LogP contribution in [0.1, 0.15) is 26.7 Å². The van der Waals surface area contributed by atoms with Gasteiger partial charge in [0.1, 0.15) is 5.60 Å². The molecule has 2 heterocycles. The van der Waals surface area contributed by atoms with E-state index in [4.69, 9.17) is 9.47 Å². The Balaban J connectivity index is 0.00000242. The van der Waals surface area contributed by atoms with Crippen LogP contribution in [-0.2, 0) is 14.3 Å². The van der Waals surface area contributed by atoms with Gasteiger partial charge in [0, 0.05) is 32.3 Å². The summed E-state index contributed by atoms with van der Waals surface area (Å²) in [4.78, 5) is 14.9. The zero-order chi connectivity index (χ0) is 15.3. The summed E-state index contributed by atoms with van der Waals surface area (Å²) in [6.45, 7) is 9.99. The fourth-order valence-electron chi connectivity index (χ4n) is 3.09. The molecule has 6 nitrogen and oxygen atoms in total. The lowest BCUT2D eigenvalue weighted by Crippen LogP contribution is -2.59. The van der Waals surface area contributed by atoms with E-state index >= 15 is 0 Å². The molecule has 2 aliphatic heterocycles. The Morgan fingerprint density at radius 2 is 1.83 bits per heavy atom. The van der Waals surface area contributed by atoms with Gasteiger partial charge in [0.25, 0.3) is 5.91 Å². The molecule has 2 rings (SSSR count). The molecule has 0 spiro atoms. The monoisotopic (exact) mass is 371 g/mol. The summed E-state index contributed by atoms with van der Waals surface area (Å²) < 4.78 is 11.0. The summed E-state index contributed by atoms with van der Waals surface area (Å²) in [5, 5.41) is 6.38. The van der Waals surface area contributed by atoms with Gasteiger partial charge in [-0.25, -0.2) is 0 Å². The maximum Gasteiger partial charge on any atom is 0.252 e. The van der Waals surface area contributed by atoms with Crippen molar-refractivity contribution in [3.8, 4) is 0 Å². The van der Waals surface area contributed by atoms with Crippen molar-refractivity contribution < 1.29 is 14.3 Å². The standard InChI is InChI=1S/C15H29N3O3.2ClH/c1-14(2,18-8-10-21-11-9-18)12-17-13(19)15(20-3)4-6-16-7-5-15;;/h16H,4-12H2,1-3H3,(H,17,19);2*1H. The number of hydrogen-bond acceptors (Lipinski definition) is 5. The number of carbonyl (C=O) groups is 1. The average molecular weight is 372 g/mol. The molecule has 2 fully saturated rings. The van der Waals surface area contributed by atoms with Crippen LogP contribution in [0.15, 0.2) is 0 Å². The maximum absolute atomic E-state index is 12.6. The van der Waals surface area contributed by atoms with Crippen LogP contribution in [0.4, 0.5) is 0 Å². The van der Waals surface area contributed by atoms with Crippen molar-refractivity contribution in [2.24, 2.45) is 0 Å². The van der Waals surface area contributed by atoms with Crippen LogP contribution in [0, 0.1) is 0 Å². The molecule has 0 bridgehead atoms. The predicted octanol–water partition coefficient (Wildman–Crippen LogP) is 0.826. The van der Waals surface area contributed by atoms with Crippen LogP contribution in [0.2, 0.25) is 0 Å². The summed E-state index contributed by atoms with van der Waals surface area (Å²) in [5.41, 5.74) is -0.729. The number of nitrogens with zero attached hydrogens (tertiary/aromatic N) is 1. The first-order chi connectivity index (χ1) is 10.0. The van der Waals surface area contributed by atoms with E-state index in [1.54, 1.807) is 7.11 Å². The van der Waals surface area contributed by atoms with E-state index in [1.165, 1.54) is 0 Å². The molecule has 23 heavy (non-hydrogen) atoms. The first kappa shape index (κ1) is 22.9. The van der Waals surface area contributed by atoms with Gasteiger partial charge in [-0.15, -0.1) is 24.8 Å². The van der Waals surface area contributed by atoms with Crippen LogP contribution in [0.3, 0.4) is 0 Å². The van der Waals surface area contributed by atoms with Crippen molar-refractivity contribution in [3.63, 3.8) is 0 Å². The molecule has 0 atom stereocenters. The molecule has 1 amide bonds. The number of carbonyl (C=O) groups excluding carboxylic acids is 1. The molecule has 138 valence electrons. The molecule has 0 unspecified atom stereocenters. The fraction of sp³-hybridized carbons (Fsp3) is 0.933. The van der Waals surface area contributed by atoms with Crippen molar-refractivity contribution in [3.05, 3.63) is 0 Å². The zero-order valence-corrected chi connectivity index (χ0v) is 16.0. The van der Waals surface area contributed by atoms with Crippen LogP contribution >= 0.6 is 24.8 Å². The Morgan fingerprint density at radius 1 is 1.26 bits per heavy atom. The Bertz CT molecular complexity index is 358. The Kier molecular flexibility index (Phi) is 9.96. The van der Waals surface area contributed by atoms with Crippen LogP contribution < -0.4 is 10.6 Å². The molecular weight excluding hydrogens is 341 g/mol. The minimum absolute atomic E-state index is 0. The van der Waals surface area contributed by atoms with E-state index in [-0.39, 0.29) is 36.3 Å². The number of hydrogen-bond donors (Lipinski definition) is 2. The van der Waals surface area contributed by atoms with E-state index in [1.807, 2.05) is 0 Å². The minimum atomic E-state index is -0.660. The quantitative estimate of drug-likeness (QED) is 0.749. The highest BCUT2D eigenvalue weighted by Crippen LogP contribution is 2.23. The molecule has 8 heteroatoms. The summed E-state index contributed by atoms with van der Waals surface area (Å²) in [7, 11) is 1.64. The van der Waals surface area contributed by atoms with E-state index in [2.05, 4.69) is 29.4 Å². The number of ether oxygens (including phenoxy) is 2. The summed E-state index contributed by atoms with van der Waals surface area (Å²) in [6.07, 6.45) is 1.46. The predicted molar refractivity (Wildman–Crippen MR) is 95.8 cm³/mol. The molecule has 0 radical (unpaired) electrons. The van der Waals surface area contributed by atoms with Crippen LogP contribution in [0.25, 0.3) is 0 Å². The third kappa shape index (κ3) is 5.73. The molecule has 0 aromatic heterocycles. The Labute approximate surface area is 151 Å². The zero-order valence-electron chi connectivity index (χ0n) is 14.4. The molecular formula is C15H31Cl2N3O3. The van der Waals surface area contributed by atoms with Gasteiger partial charge in [-0.2, -0.15) is 0 Å². The van der Waals surface area contributed by atoms with Crippen molar-refractivity contribution in [2.75, 3.05) is 53.0 Å². The molecule has 0 aromatic carbocycles. The molecule has 0 aromatic rings. The first-order valence-electron chi connectivity index (χ1n) is 7.87. The fourth-order valence-corrected chi connectivity index (χ4v) is 3.09. The van der Waals surface area contributed by atoms with E-state index in [9.17, 15) is 4.79 Å². The lowest BCUT2D eigenvalue weighted by atomic mass is 9.90. The van der Waals surface area contributed by atoms with Gasteiger partial charge in [-0.3, -0.25) is 9.69 Å². The number of rotatable bonds is 5. The van der Waals surface area contributed by atoms with Gasteiger partial charge < -0.3 is 20.1 Å². The van der Waals surface area contributed by atoms with Gasteiger partial charge in [0.2, 0.25) is 0 Å². The number of amides is 1. The van der Waals surface area contributed by atoms with Gasteiger partial charge in [0.15, 0.2) is 0 Å². The second-order valence-corrected chi connectivity index (χ2v) is 6.54. The normalized spacial score (nSPS) is 21.7. The van der Waals surface area contributed by atoms with Gasteiger partial charge in [0.05, 0.1) is 13.2 Å². The Morgan fingerprint density at radius 3 is 2.35 bits per heavy atom. The largest absolute Gasteiger partial charge is 0.379 e. The SMILES string of the molecule is COC1(C(=O)NCC(C)(C)N2CCOCC2)CCNCC1.Cl.Cl. The molecule has 0 saturated carbocycles.